The van der Waals surface area contributed by atoms with E-state index in [1.807, 2.05) is 12.1 Å². The van der Waals surface area contributed by atoms with E-state index in [9.17, 15) is 0 Å². The molecule has 3 nitrogen and oxygen atoms in total. The molecule has 0 saturated carbocycles. The zero-order valence-electron chi connectivity index (χ0n) is 9.20. The van der Waals surface area contributed by atoms with E-state index in [4.69, 9.17) is 20.4 Å². The van der Waals surface area contributed by atoms with Crippen molar-refractivity contribution in [1.29, 1.82) is 0 Å². The van der Waals surface area contributed by atoms with Crippen LogP contribution in [0.1, 0.15) is 25.0 Å². The van der Waals surface area contributed by atoms with Crippen molar-refractivity contribution in [2.24, 2.45) is 0 Å². The molecule has 0 aliphatic carbocycles. The Morgan fingerprint density at radius 2 is 2.12 bits per heavy atom. The van der Waals surface area contributed by atoms with E-state index >= 15 is 0 Å². The summed E-state index contributed by atoms with van der Waals surface area (Å²) in [7, 11) is 0. The third kappa shape index (κ3) is 2.47. The average Bonchev–Trinajstić information content (AvgIpc) is 2.94. The van der Waals surface area contributed by atoms with Gasteiger partial charge in [0.1, 0.15) is 5.76 Å². The van der Waals surface area contributed by atoms with Gasteiger partial charge in [0.05, 0.1) is 6.20 Å². The number of hydrogen-bond acceptors (Lipinski definition) is 3. The summed E-state index contributed by atoms with van der Waals surface area (Å²) in [5.41, 5.74) is 0. The lowest BCUT2D eigenvalue weighted by molar-refractivity contribution is 0.468. The Kier molecular flexibility index (Phi) is 3.67. The zero-order valence-corrected chi connectivity index (χ0v) is 9.96. The molecule has 0 fully saturated rings. The Morgan fingerprint density at radius 1 is 1.25 bits per heavy atom. The van der Waals surface area contributed by atoms with Crippen LogP contribution < -0.4 is 0 Å². The van der Waals surface area contributed by atoms with E-state index in [-0.39, 0.29) is 0 Å². The second kappa shape index (κ2) is 5.21. The van der Waals surface area contributed by atoms with Crippen LogP contribution in [-0.2, 0) is 12.8 Å². The number of rotatable bonds is 5. The third-order valence-electron chi connectivity index (χ3n) is 2.33. The minimum atomic E-state index is 0.623. The van der Waals surface area contributed by atoms with Gasteiger partial charge < -0.3 is 8.83 Å². The van der Waals surface area contributed by atoms with Crippen molar-refractivity contribution in [3.05, 3.63) is 30.0 Å². The fourth-order valence-corrected chi connectivity index (χ4v) is 1.59. The van der Waals surface area contributed by atoms with Crippen LogP contribution in [-0.4, -0.2) is 10.9 Å². The van der Waals surface area contributed by atoms with Crippen molar-refractivity contribution < 1.29 is 8.83 Å². The number of aromatic nitrogens is 1. The second-order valence-electron chi connectivity index (χ2n) is 3.53. The van der Waals surface area contributed by atoms with Gasteiger partial charge in [-0.1, -0.05) is 6.92 Å². The second-order valence-corrected chi connectivity index (χ2v) is 3.91. The molecule has 0 radical (unpaired) electrons. The van der Waals surface area contributed by atoms with Crippen LogP contribution in [0.3, 0.4) is 0 Å². The SMILES string of the molecule is CCc1ccc(-c2cnc(CCCCl)o2)o1. The predicted octanol–water partition coefficient (Wildman–Crippen LogP) is 3.67. The van der Waals surface area contributed by atoms with Gasteiger partial charge in [-0.3, -0.25) is 0 Å². The normalized spacial score (nSPS) is 10.9. The van der Waals surface area contributed by atoms with Crippen molar-refractivity contribution in [2.75, 3.05) is 5.88 Å². The number of nitrogens with zero attached hydrogens (tertiary/aromatic N) is 1. The molecule has 2 aromatic rings. The van der Waals surface area contributed by atoms with E-state index in [1.54, 1.807) is 6.20 Å². The fraction of sp³-hybridized carbons (Fsp3) is 0.417. The fourth-order valence-electron chi connectivity index (χ4n) is 1.46. The summed E-state index contributed by atoms with van der Waals surface area (Å²) in [5, 5.41) is 0. The maximum Gasteiger partial charge on any atom is 0.195 e. The van der Waals surface area contributed by atoms with Crippen molar-refractivity contribution in [1.82, 2.24) is 4.98 Å². The molecule has 0 spiro atoms. The first-order valence-electron chi connectivity index (χ1n) is 5.43. The molecule has 0 bridgehead atoms. The Bertz CT molecular complexity index is 447. The van der Waals surface area contributed by atoms with E-state index in [2.05, 4.69) is 11.9 Å². The maximum atomic E-state index is 5.61. The van der Waals surface area contributed by atoms with Crippen LogP contribution in [0.2, 0.25) is 0 Å². The first-order valence-corrected chi connectivity index (χ1v) is 5.96. The Balaban J connectivity index is 2.11. The summed E-state index contributed by atoms with van der Waals surface area (Å²) >= 11 is 5.61. The van der Waals surface area contributed by atoms with E-state index in [0.29, 0.717) is 17.5 Å². The van der Waals surface area contributed by atoms with Crippen molar-refractivity contribution in [3.63, 3.8) is 0 Å². The topological polar surface area (TPSA) is 39.2 Å². The molecule has 0 N–H and O–H groups in total. The Morgan fingerprint density at radius 3 is 2.81 bits per heavy atom. The van der Waals surface area contributed by atoms with Gasteiger partial charge in [-0.15, -0.1) is 11.6 Å². The molecule has 0 atom stereocenters. The molecular weight excluding hydrogens is 226 g/mol. The third-order valence-corrected chi connectivity index (χ3v) is 2.60. The summed E-state index contributed by atoms with van der Waals surface area (Å²) in [5.74, 6) is 3.71. The summed E-state index contributed by atoms with van der Waals surface area (Å²) < 4.78 is 11.1. The highest BCUT2D eigenvalue weighted by molar-refractivity contribution is 6.17. The van der Waals surface area contributed by atoms with Gasteiger partial charge in [0.25, 0.3) is 0 Å². The molecule has 2 heterocycles. The molecule has 2 rings (SSSR count). The van der Waals surface area contributed by atoms with E-state index < -0.39 is 0 Å². The van der Waals surface area contributed by atoms with Gasteiger partial charge in [0, 0.05) is 18.7 Å². The number of oxazole rings is 1. The van der Waals surface area contributed by atoms with Gasteiger partial charge in [-0.25, -0.2) is 4.98 Å². The maximum absolute atomic E-state index is 5.61. The quantitative estimate of drug-likeness (QED) is 0.748. The smallest absolute Gasteiger partial charge is 0.195 e. The van der Waals surface area contributed by atoms with Gasteiger partial charge in [0.2, 0.25) is 0 Å². The molecular formula is C12H14ClNO2. The molecule has 2 aromatic heterocycles. The van der Waals surface area contributed by atoms with Crippen LogP contribution in [0.4, 0.5) is 0 Å². The number of alkyl halides is 1. The minimum absolute atomic E-state index is 0.623. The first-order chi connectivity index (χ1) is 7.83. The number of aryl methyl sites for hydroxylation is 2. The Labute approximate surface area is 99.4 Å². The number of furan rings is 1. The lowest BCUT2D eigenvalue weighted by Crippen LogP contribution is -1.84. The summed E-state index contributed by atoms with van der Waals surface area (Å²) in [4.78, 5) is 4.18. The largest absolute Gasteiger partial charge is 0.458 e. The molecule has 0 amide bonds. The lowest BCUT2D eigenvalue weighted by Gasteiger charge is -1.92. The van der Waals surface area contributed by atoms with Gasteiger partial charge in [-0.2, -0.15) is 0 Å². The lowest BCUT2D eigenvalue weighted by atomic mass is 10.3. The van der Waals surface area contributed by atoms with E-state index in [1.165, 1.54) is 0 Å². The summed E-state index contributed by atoms with van der Waals surface area (Å²) in [6.07, 6.45) is 4.22. The van der Waals surface area contributed by atoms with Gasteiger partial charge in [-0.05, 0) is 18.6 Å². The van der Waals surface area contributed by atoms with Crippen molar-refractivity contribution >= 4 is 11.6 Å². The molecule has 0 aliphatic rings. The van der Waals surface area contributed by atoms with Crippen molar-refractivity contribution in [2.45, 2.75) is 26.2 Å². The molecule has 4 heteroatoms. The minimum Gasteiger partial charge on any atom is -0.458 e. The molecule has 0 aliphatic heterocycles. The first kappa shape index (κ1) is 11.3. The standard InChI is InChI=1S/C12H14ClNO2/c1-2-9-5-6-10(15-9)11-8-14-12(16-11)4-3-7-13/h5-6,8H,2-4,7H2,1H3. The summed E-state index contributed by atoms with van der Waals surface area (Å²) in [6, 6.07) is 3.86. The molecule has 0 aromatic carbocycles. The molecule has 0 unspecified atom stereocenters. The highest BCUT2D eigenvalue weighted by Crippen LogP contribution is 2.23. The molecule has 86 valence electrons. The van der Waals surface area contributed by atoms with Crippen LogP contribution in [0.25, 0.3) is 11.5 Å². The number of hydrogen-bond donors (Lipinski definition) is 0. The number of halogens is 1. The monoisotopic (exact) mass is 239 g/mol. The highest BCUT2D eigenvalue weighted by Gasteiger charge is 2.09. The van der Waals surface area contributed by atoms with Gasteiger partial charge in [0.15, 0.2) is 17.4 Å². The predicted molar refractivity (Wildman–Crippen MR) is 62.6 cm³/mol. The molecule has 0 saturated heterocycles. The van der Waals surface area contributed by atoms with Crippen molar-refractivity contribution in [3.8, 4) is 11.5 Å². The van der Waals surface area contributed by atoms with E-state index in [0.717, 1.165) is 30.8 Å². The zero-order chi connectivity index (χ0) is 11.4. The van der Waals surface area contributed by atoms with Gasteiger partial charge >= 0.3 is 0 Å². The Hall–Kier alpha value is -1.22. The summed E-state index contributed by atoms with van der Waals surface area (Å²) in [6.45, 7) is 2.05. The van der Waals surface area contributed by atoms with Crippen LogP contribution in [0, 0.1) is 0 Å². The van der Waals surface area contributed by atoms with Crippen LogP contribution in [0.15, 0.2) is 27.2 Å². The van der Waals surface area contributed by atoms with Crippen LogP contribution >= 0.6 is 11.6 Å². The average molecular weight is 240 g/mol. The molecule has 16 heavy (non-hydrogen) atoms. The van der Waals surface area contributed by atoms with Crippen LogP contribution in [0.5, 0.6) is 0 Å². The highest BCUT2D eigenvalue weighted by atomic mass is 35.5.